The summed E-state index contributed by atoms with van der Waals surface area (Å²) in [5.41, 5.74) is 0.958. The van der Waals surface area contributed by atoms with E-state index in [-0.39, 0.29) is 18.7 Å². The highest BCUT2D eigenvalue weighted by molar-refractivity contribution is 7.99. The largest absolute Gasteiger partial charge is 0.454 e. The van der Waals surface area contributed by atoms with Gasteiger partial charge in [0.05, 0.1) is 0 Å². The van der Waals surface area contributed by atoms with Crippen molar-refractivity contribution in [2.75, 3.05) is 24.8 Å². The van der Waals surface area contributed by atoms with Gasteiger partial charge in [0.25, 0.3) is 0 Å². The lowest BCUT2D eigenvalue weighted by Crippen LogP contribution is -2.41. The summed E-state index contributed by atoms with van der Waals surface area (Å²) in [7, 11) is 0. The van der Waals surface area contributed by atoms with E-state index in [9.17, 15) is 4.79 Å². The van der Waals surface area contributed by atoms with Gasteiger partial charge in [-0.25, -0.2) is 0 Å². The Labute approximate surface area is 122 Å². The number of rotatable bonds is 4. The van der Waals surface area contributed by atoms with E-state index in [1.807, 2.05) is 30.0 Å². The minimum Gasteiger partial charge on any atom is -0.454 e. The molecular weight excluding hydrogens is 276 g/mol. The number of carbonyl (C=O) groups is 1. The fourth-order valence-electron chi connectivity index (χ4n) is 2.37. The molecule has 1 amide bonds. The molecule has 1 aromatic rings. The fourth-order valence-corrected chi connectivity index (χ4v) is 3.32. The summed E-state index contributed by atoms with van der Waals surface area (Å²) in [4.78, 5) is 12.0. The summed E-state index contributed by atoms with van der Waals surface area (Å²) in [6.07, 6.45) is 0.527. The second-order valence-corrected chi connectivity index (χ2v) is 6.01. The van der Waals surface area contributed by atoms with Gasteiger partial charge < -0.3 is 20.1 Å². The molecule has 2 aliphatic rings. The molecule has 1 aromatic carbocycles. The molecule has 3 rings (SSSR count). The normalized spacial score (nSPS) is 20.7. The van der Waals surface area contributed by atoms with Gasteiger partial charge in [-0.15, -0.1) is 0 Å². The number of thioether (sulfide) groups is 1. The number of para-hydroxylation sites is 1. The summed E-state index contributed by atoms with van der Waals surface area (Å²) in [6, 6.07) is 6.02. The third-order valence-corrected chi connectivity index (χ3v) is 4.52. The predicted octanol–water partition coefficient (Wildman–Crippen LogP) is 1.13. The first-order chi connectivity index (χ1) is 9.83. The standard InChI is InChI=1S/C14H18N2O3S/c17-13(6-11-8-20-5-4-15-11)16-7-10-2-1-3-12-14(10)19-9-18-12/h1-3,11,15H,4-9H2,(H,16,17). The van der Waals surface area contributed by atoms with E-state index in [1.54, 1.807) is 0 Å². The minimum absolute atomic E-state index is 0.0709. The van der Waals surface area contributed by atoms with Crippen LogP contribution in [0, 0.1) is 0 Å². The molecule has 2 N–H and O–H groups in total. The van der Waals surface area contributed by atoms with Crippen LogP contribution in [0.3, 0.4) is 0 Å². The Morgan fingerprint density at radius 3 is 3.25 bits per heavy atom. The molecule has 1 atom stereocenters. The predicted molar refractivity (Wildman–Crippen MR) is 78.1 cm³/mol. The second kappa shape index (κ2) is 6.37. The first-order valence-corrected chi connectivity index (χ1v) is 7.94. The molecule has 1 unspecified atom stereocenters. The Bertz CT molecular complexity index is 489. The number of amides is 1. The number of hydrogen-bond acceptors (Lipinski definition) is 5. The van der Waals surface area contributed by atoms with Crippen molar-refractivity contribution in [2.45, 2.75) is 19.0 Å². The molecular formula is C14H18N2O3S. The fraction of sp³-hybridized carbons (Fsp3) is 0.500. The highest BCUT2D eigenvalue weighted by atomic mass is 32.2. The lowest BCUT2D eigenvalue weighted by molar-refractivity contribution is -0.121. The number of fused-ring (bicyclic) bond motifs is 1. The molecule has 0 aliphatic carbocycles. The summed E-state index contributed by atoms with van der Waals surface area (Å²) in [6.45, 7) is 1.72. The zero-order chi connectivity index (χ0) is 13.8. The first-order valence-electron chi connectivity index (χ1n) is 6.78. The minimum atomic E-state index is 0.0709. The van der Waals surface area contributed by atoms with Crippen molar-refractivity contribution >= 4 is 17.7 Å². The van der Waals surface area contributed by atoms with E-state index in [0.29, 0.717) is 13.0 Å². The number of benzene rings is 1. The molecule has 1 fully saturated rings. The van der Waals surface area contributed by atoms with Crippen molar-refractivity contribution in [1.82, 2.24) is 10.6 Å². The van der Waals surface area contributed by atoms with Gasteiger partial charge in [0.1, 0.15) is 0 Å². The van der Waals surface area contributed by atoms with Crippen molar-refractivity contribution in [1.29, 1.82) is 0 Å². The van der Waals surface area contributed by atoms with E-state index in [1.165, 1.54) is 0 Å². The van der Waals surface area contributed by atoms with Gasteiger partial charge >= 0.3 is 0 Å². The average Bonchev–Trinajstić information content (AvgIpc) is 2.95. The zero-order valence-corrected chi connectivity index (χ0v) is 12.0. The van der Waals surface area contributed by atoms with Crippen LogP contribution in [0.15, 0.2) is 18.2 Å². The van der Waals surface area contributed by atoms with Crippen LogP contribution in [-0.4, -0.2) is 36.8 Å². The molecule has 0 bridgehead atoms. The maximum atomic E-state index is 12.0. The Hall–Kier alpha value is -1.40. The third-order valence-electron chi connectivity index (χ3n) is 3.38. The van der Waals surface area contributed by atoms with Crippen LogP contribution in [0.2, 0.25) is 0 Å². The van der Waals surface area contributed by atoms with Gasteiger partial charge in [-0.3, -0.25) is 4.79 Å². The number of ether oxygens (including phenoxy) is 2. The number of hydrogen-bond donors (Lipinski definition) is 2. The van der Waals surface area contributed by atoms with Gasteiger partial charge in [-0.1, -0.05) is 12.1 Å². The van der Waals surface area contributed by atoms with E-state index in [2.05, 4.69) is 10.6 Å². The maximum Gasteiger partial charge on any atom is 0.231 e. The van der Waals surface area contributed by atoms with Crippen molar-refractivity contribution in [2.24, 2.45) is 0 Å². The Balaban J connectivity index is 1.51. The summed E-state index contributed by atoms with van der Waals surface area (Å²) < 4.78 is 10.7. The topological polar surface area (TPSA) is 59.6 Å². The van der Waals surface area contributed by atoms with Gasteiger partial charge in [0.2, 0.25) is 12.7 Å². The van der Waals surface area contributed by atoms with E-state index in [4.69, 9.17) is 9.47 Å². The number of nitrogens with one attached hydrogen (secondary N) is 2. The molecule has 20 heavy (non-hydrogen) atoms. The smallest absolute Gasteiger partial charge is 0.231 e. The van der Waals surface area contributed by atoms with E-state index >= 15 is 0 Å². The van der Waals surface area contributed by atoms with E-state index in [0.717, 1.165) is 35.1 Å². The second-order valence-electron chi connectivity index (χ2n) is 4.86. The summed E-state index contributed by atoms with van der Waals surface area (Å²) in [5.74, 6) is 3.71. The van der Waals surface area contributed by atoms with Crippen molar-refractivity contribution in [3.63, 3.8) is 0 Å². The number of carbonyl (C=O) groups excluding carboxylic acids is 1. The van der Waals surface area contributed by atoms with Crippen LogP contribution in [-0.2, 0) is 11.3 Å². The lowest BCUT2D eigenvalue weighted by atomic mass is 10.1. The van der Waals surface area contributed by atoms with Crippen LogP contribution in [0.5, 0.6) is 11.5 Å². The summed E-state index contributed by atoms with van der Waals surface area (Å²) >= 11 is 1.90. The monoisotopic (exact) mass is 294 g/mol. The van der Waals surface area contributed by atoms with Crippen LogP contribution in [0.1, 0.15) is 12.0 Å². The van der Waals surface area contributed by atoms with Crippen molar-refractivity contribution in [3.8, 4) is 11.5 Å². The lowest BCUT2D eigenvalue weighted by Gasteiger charge is -2.22. The molecule has 5 nitrogen and oxygen atoms in total. The molecule has 0 spiro atoms. The van der Waals surface area contributed by atoms with Crippen LogP contribution in [0.25, 0.3) is 0 Å². The van der Waals surface area contributed by atoms with Crippen LogP contribution in [0.4, 0.5) is 0 Å². The molecule has 1 saturated heterocycles. The Morgan fingerprint density at radius 1 is 1.45 bits per heavy atom. The molecule has 0 aromatic heterocycles. The molecule has 2 heterocycles. The van der Waals surface area contributed by atoms with Crippen molar-refractivity contribution < 1.29 is 14.3 Å². The average molecular weight is 294 g/mol. The molecule has 6 heteroatoms. The Morgan fingerprint density at radius 2 is 2.40 bits per heavy atom. The first kappa shape index (κ1) is 13.6. The quantitative estimate of drug-likeness (QED) is 0.871. The highest BCUT2D eigenvalue weighted by Crippen LogP contribution is 2.35. The van der Waals surface area contributed by atoms with Gasteiger partial charge in [-0.05, 0) is 6.07 Å². The molecule has 2 aliphatic heterocycles. The van der Waals surface area contributed by atoms with Gasteiger partial charge in [0.15, 0.2) is 11.5 Å². The zero-order valence-electron chi connectivity index (χ0n) is 11.2. The highest BCUT2D eigenvalue weighted by Gasteiger charge is 2.19. The summed E-state index contributed by atoms with van der Waals surface area (Å²) in [5, 5.41) is 6.32. The molecule has 0 saturated carbocycles. The Kier molecular flexibility index (Phi) is 4.32. The molecule has 108 valence electrons. The maximum absolute atomic E-state index is 12.0. The SMILES string of the molecule is O=C(CC1CSCCN1)NCc1cccc2c1OCO2. The van der Waals surface area contributed by atoms with Crippen LogP contribution >= 0.6 is 11.8 Å². The molecule has 0 radical (unpaired) electrons. The van der Waals surface area contributed by atoms with Gasteiger partial charge in [0, 0.05) is 42.6 Å². The van der Waals surface area contributed by atoms with E-state index < -0.39 is 0 Å². The van der Waals surface area contributed by atoms with Gasteiger partial charge in [-0.2, -0.15) is 11.8 Å². The van der Waals surface area contributed by atoms with Crippen molar-refractivity contribution in [3.05, 3.63) is 23.8 Å². The van der Waals surface area contributed by atoms with Crippen LogP contribution < -0.4 is 20.1 Å². The third kappa shape index (κ3) is 3.19.